The van der Waals surface area contributed by atoms with Crippen molar-refractivity contribution in [3.8, 4) is 0 Å². The predicted octanol–water partition coefficient (Wildman–Crippen LogP) is 4.65. The molecular weight excluding hydrogens is 530 g/mol. The summed E-state index contributed by atoms with van der Waals surface area (Å²) in [5.41, 5.74) is 0.895. The van der Waals surface area contributed by atoms with Crippen LogP contribution in [0.25, 0.3) is 10.9 Å². The van der Waals surface area contributed by atoms with Crippen LogP contribution in [0.3, 0.4) is 0 Å². The van der Waals surface area contributed by atoms with Gasteiger partial charge in [0.15, 0.2) is 0 Å². The molecule has 0 amide bonds. The summed E-state index contributed by atoms with van der Waals surface area (Å²) >= 11 is 3.34. The molecular formula is C25H32BrN5O3S. The van der Waals surface area contributed by atoms with Crippen LogP contribution in [0.5, 0.6) is 0 Å². The Morgan fingerprint density at radius 3 is 2.34 bits per heavy atom. The van der Waals surface area contributed by atoms with Crippen molar-refractivity contribution in [3.05, 3.63) is 53.0 Å². The maximum atomic E-state index is 12.6. The molecule has 0 atom stereocenters. The van der Waals surface area contributed by atoms with Gasteiger partial charge in [0.05, 0.1) is 17.0 Å². The predicted molar refractivity (Wildman–Crippen MR) is 143 cm³/mol. The molecule has 8 nitrogen and oxygen atoms in total. The molecule has 0 saturated heterocycles. The number of halogens is 1. The van der Waals surface area contributed by atoms with E-state index in [9.17, 15) is 8.42 Å². The van der Waals surface area contributed by atoms with Crippen LogP contribution < -0.4 is 15.4 Å². The maximum Gasteiger partial charge on any atom is 0.240 e. The van der Waals surface area contributed by atoms with Gasteiger partial charge in [-0.2, -0.15) is 4.98 Å². The Hall–Kier alpha value is -2.27. The third-order valence-corrected chi connectivity index (χ3v) is 8.37. The van der Waals surface area contributed by atoms with Gasteiger partial charge in [-0.05, 0) is 73.9 Å². The number of anilines is 2. The highest BCUT2D eigenvalue weighted by Crippen LogP contribution is 2.29. The average Bonchev–Trinajstić information content (AvgIpc) is 2.87. The fourth-order valence-corrected chi connectivity index (χ4v) is 5.74. The van der Waals surface area contributed by atoms with E-state index in [4.69, 9.17) is 9.72 Å². The number of hydrogen-bond donors (Lipinski definition) is 3. The molecule has 3 aromatic rings. The lowest BCUT2D eigenvalue weighted by atomic mass is 9.82. The molecule has 0 aliphatic heterocycles. The monoisotopic (exact) mass is 561 g/mol. The van der Waals surface area contributed by atoms with Gasteiger partial charge in [-0.3, -0.25) is 0 Å². The summed E-state index contributed by atoms with van der Waals surface area (Å²) in [6, 6.07) is 14.7. The molecule has 188 valence electrons. The average molecular weight is 563 g/mol. The first-order valence-electron chi connectivity index (χ1n) is 11.9. The van der Waals surface area contributed by atoms with Gasteiger partial charge in [0.1, 0.15) is 5.82 Å². The second kappa shape index (κ2) is 12.1. The molecule has 1 aliphatic carbocycles. The van der Waals surface area contributed by atoms with Crippen LogP contribution in [0.2, 0.25) is 0 Å². The smallest absolute Gasteiger partial charge is 0.240 e. The fraction of sp³-hybridized carbons (Fsp3) is 0.440. The van der Waals surface area contributed by atoms with E-state index in [-0.39, 0.29) is 0 Å². The second-order valence-electron chi connectivity index (χ2n) is 8.91. The van der Waals surface area contributed by atoms with Crippen molar-refractivity contribution in [3.63, 3.8) is 0 Å². The Morgan fingerprint density at radius 1 is 0.943 bits per heavy atom. The first-order valence-corrected chi connectivity index (χ1v) is 14.2. The van der Waals surface area contributed by atoms with Crippen molar-refractivity contribution in [1.29, 1.82) is 0 Å². The first-order chi connectivity index (χ1) is 16.9. The number of para-hydroxylation sites is 1. The van der Waals surface area contributed by atoms with E-state index < -0.39 is 10.0 Å². The molecule has 10 heteroatoms. The Kier molecular flexibility index (Phi) is 8.94. The second-order valence-corrected chi connectivity index (χ2v) is 11.6. The summed E-state index contributed by atoms with van der Waals surface area (Å²) in [5.74, 6) is 2.28. The van der Waals surface area contributed by atoms with Gasteiger partial charge in [0, 0.05) is 36.6 Å². The molecule has 2 aromatic carbocycles. The van der Waals surface area contributed by atoms with E-state index in [2.05, 4.69) is 36.3 Å². The quantitative estimate of drug-likeness (QED) is 0.292. The van der Waals surface area contributed by atoms with Crippen LogP contribution in [-0.2, 0) is 14.8 Å². The summed E-state index contributed by atoms with van der Waals surface area (Å²) in [4.78, 5) is 9.67. The van der Waals surface area contributed by atoms with Crippen LogP contribution in [0.15, 0.2) is 57.9 Å². The fourth-order valence-electron chi connectivity index (χ4n) is 4.36. The lowest BCUT2D eigenvalue weighted by Crippen LogP contribution is -2.32. The van der Waals surface area contributed by atoms with E-state index in [1.165, 1.54) is 0 Å². The van der Waals surface area contributed by atoms with Gasteiger partial charge in [0.25, 0.3) is 0 Å². The van der Waals surface area contributed by atoms with E-state index in [0.29, 0.717) is 42.4 Å². The molecule has 1 aliphatic rings. The van der Waals surface area contributed by atoms with E-state index in [1.54, 1.807) is 31.4 Å². The van der Waals surface area contributed by atoms with E-state index in [1.807, 2.05) is 24.3 Å². The number of sulfonamides is 1. The number of fused-ring (bicyclic) bond motifs is 1. The van der Waals surface area contributed by atoms with Gasteiger partial charge in [-0.25, -0.2) is 18.1 Å². The number of methoxy groups -OCH3 is 1. The highest BCUT2D eigenvalue weighted by Gasteiger charge is 2.23. The minimum absolute atomic E-state index is 0.296. The number of nitrogens with zero attached hydrogens (tertiary/aromatic N) is 2. The van der Waals surface area contributed by atoms with Gasteiger partial charge in [-0.1, -0.05) is 28.1 Å². The van der Waals surface area contributed by atoms with Crippen LogP contribution >= 0.6 is 15.9 Å². The number of rotatable bonds is 11. The minimum Gasteiger partial charge on any atom is -0.383 e. The maximum absolute atomic E-state index is 12.6. The lowest BCUT2D eigenvalue weighted by molar-refractivity contribution is 0.210. The standard InChI is InChI=1S/C25H32BrN5O3S/c1-34-15-14-27-24-22-4-2-3-5-23(22)30-25(31-24)28-16-18-6-8-19(9-7-18)17-29-35(32,33)21-12-10-20(26)11-13-21/h2-5,10-13,18-19,29H,6-9,14-17H2,1H3,(H2,27,28,30,31). The summed E-state index contributed by atoms with van der Waals surface area (Å²) in [5, 5.41) is 7.75. The SMILES string of the molecule is COCCNc1nc(NCC2CCC(CNS(=O)(=O)c3ccc(Br)cc3)CC2)nc2ccccc12. The lowest BCUT2D eigenvalue weighted by Gasteiger charge is -2.28. The summed E-state index contributed by atoms with van der Waals surface area (Å²) in [6.45, 7) is 2.55. The molecule has 3 N–H and O–H groups in total. The molecule has 4 rings (SSSR count). The topological polar surface area (TPSA) is 105 Å². The van der Waals surface area contributed by atoms with Crippen molar-refractivity contribution in [2.45, 2.75) is 30.6 Å². The van der Waals surface area contributed by atoms with Gasteiger partial charge in [-0.15, -0.1) is 0 Å². The molecule has 1 aromatic heterocycles. The summed E-state index contributed by atoms with van der Waals surface area (Å²) in [7, 11) is -1.80. The Labute approximate surface area is 215 Å². The van der Waals surface area contributed by atoms with E-state index in [0.717, 1.165) is 53.4 Å². The zero-order valence-electron chi connectivity index (χ0n) is 19.8. The van der Waals surface area contributed by atoms with Crippen molar-refractivity contribution in [1.82, 2.24) is 14.7 Å². The number of hydrogen-bond acceptors (Lipinski definition) is 7. The molecule has 0 spiro atoms. The van der Waals surface area contributed by atoms with Gasteiger partial charge >= 0.3 is 0 Å². The van der Waals surface area contributed by atoms with Crippen LogP contribution in [0.4, 0.5) is 11.8 Å². The molecule has 35 heavy (non-hydrogen) atoms. The Morgan fingerprint density at radius 2 is 1.63 bits per heavy atom. The molecule has 1 heterocycles. The molecule has 0 bridgehead atoms. The van der Waals surface area contributed by atoms with Crippen molar-refractivity contribution < 1.29 is 13.2 Å². The third kappa shape index (κ3) is 7.13. The zero-order chi connectivity index (χ0) is 24.7. The van der Waals surface area contributed by atoms with Crippen LogP contribution in [0, 0.1) is 11.8 Å². The van der Waals surface area contributed by atoms with Crippen LogP contribution in [0.1, 0.15) is 25.7 Å². The first kappa shape index (κ1) is 25.8. The normalized spacial score (nSPS) is 18.5. The zero-order valence-corrected chi connectivity index (χ0v) is 22.2. The highest BCUT2D eigenvalue weighted by molar-refractivity contribution is 9.10. The number of aromatic nitrogens is 2. The number of ether oxygens (including phenoxy) is 1. The van der Waals surface area contributed by atoms with E-state index >= 15 is 0 Å². The molecule has 1 saturated carbocycles. The minimum atomic E-state index is -3.48. The number of nitrogens with one attached hydrogen (secondary N) is 3. The third-order valence-electron chi connectivity index (χ3n) is 6.40. The van der Waals surface area contributed by atoms with Crippen LogP contribution in [-0.4, -0.2) is 51.7 Å². The number of benzene rings is 2. The molecule has 1 fully saturated rings. The molecule has 0 radical (unpaired) electrons. The van der Waals surface area contributed by atoms with Crippen molar-refractivity contribution in [2.24, 2.45) is 11.8 Å². The molecule has 0 unspecified atom stereocenters. The van der Waals surface area contributed by atoms with Crippen molar-refractivity contribution in [2.75, 3.05) is 44.0 Å². The Bertz CT molecular complexity index is 1220. The highest BCUT2D eigenvalue weighted by atomic mass is 79.9. The van der Waals surface area contributed by atoms with Crippen molar-refractivity contribution >= 4 is 48.6 Å². The summed E-state index contributed by atoms with van der Waals surface area (Å²) in [6.07, 6.45) is 4.09. The van der Waals surface area contributed by atoms with Gasteiger partial charge in [0.2, 0.25) is 16.0 Å². The largest absolute Gasteiger partial charge is 0.383 e. The van der Waals surface area contributed by atoms with Gasteiger partial charge < -0.3 is 15.4 Å². The Balaban J connectivity index is 1.27. The summed E-state index contributed by atoms with van der Waals surface area (Å²) < 4.78 is 33.9.